The van der Waals surface area contributed by atoms with Crippen molar-refractivity contribution in [1.82, 2.24) is 14.7 Å². The van der Waals surface area contributed by atoms with E-state index >= 15 is 0 Å². The van der Waals surface area contributed by atoms with E-state index in [0.717, 1.165) is 5.56 Å². The van der Waals surface area contributed by atoms with Gasteiger partial charge in [0, 0.05) is 32.3 Å². The zero-order valence-corrected chi connectivity index (χ0v) is 13.3. The molecule has 1 aliphatic rings. The Labute approximate surface area is 135 Å². The molecule has 0 saturated carbocycles. The fourth-order valence-electron chi connectivity index (χ4n) is 2.90. The van der Waals surface area contributed by atoms with Crippen molar-refractivity contribution in [1.29, 1.82) is 0 Å². The third-order valence-corrected chi connectivity index (χ3v) is 4.24. The van der Waals surface area contributed by atoms with Crippen LogP contribution in [0.25, 0.3) is 0 Å². The second-order valence-electron chi connectivity index (χ2n) is 5.90. The van der Waals surface area contributed by atoms with E-state index in [9.17, 15) is 9.59 Å². The van der Waals surface area contributed by atoms with E-state index in [1.165, 1.54) is 0 Å². The lowest BCUT2D eigenvalue weighted by Gasteiger charge is -2.25. The predicted octanol–water partition coefficient (Wildman–Crippen LogP) is 1.97. The van der Waals surface area contributed by atoms with Gasteiger partial charge >= 0.3 is 0 Å². The molecule has 0 aliphatic carbocycles. The minimum absolute atomic E-state index is 0.0162. The molecule has 1 saturated heterocycles. The molecule has 0 radical (unpaired) electrons. The number of nitrogens with one attached hydrogen (secondary N) is 1. The highest BCUT2D eigenvalue weighted by molar-refractivity contribution is 5.96. The molecule has 3 rings (SSSR count). The molecule has 1 N–H and O–H groups in total. The van der Waals surface area contributed by atoms with Crippen LogP contribution in [0.5, 0.6) is 0 Å². The van der Waals surface area contributed by atoms with Gasteiger partial charge in [0.15, 0.2) is 5.82 Å². The second-order valence-corrected chi connectivity index (χ2v) is 5.90. The van der Waals surface area contributed by atoms with Crippen LogP contribution in [-0.2, 0) is 16.6 Å². The average molecular weight is 312 g/mol. The quantitative estimate of drug-likeness (QED) is 0.938. The Balaban J connectivity index is 1.66. The number of carbonyl (C=O) groups excluding carboxylic acids is 2. The summed E-state index contributed by atoms with van der Waals surface area (Å²) in [5, 5.41) is 6.90. The van der Waals surface area contributed by atoms with Gasteiger partial charge in [0.25, 0.3) is 0 Å². The zero-order valence-electron chi connectivity index (χ0n) is 13.3. The van der Waals surface area contributed by atoms with Crippen LogP contribution in [0.1, 0.15) is 24.9 Å². The SMILES string of the molecule is CC(c1ccccc1)N1CC(C(=O)Nc2ccn(C)n2)CC1=O. The summed E-state index contributed by atoms with van der Waals surface area (Å²) in [6.07, 6.45) is 2.01. The Kier molecular flexibility index (Phi) is 4.14. The van der Waals surface area contributed by atoms with Crippen LogP contribution in [-0.4, -0.2) is 33.0 Å². The molecular formula is C17H20N4O2. The Morgan fingerprint density at radius 2 is 2.04 bits per heavy atom. The molecule has 0 bridgehead atoms. The van der Waals surface area contributed by atoms with Crippen LogP contribution in [0.2, 0.25) is 0 Å². The molecule has 1 aliphatic heterocycles. The molecule has 2 aromatic rings. The molecule has 1 aromatic heterocycles. The summed E-state index contributed by atoms with van der Waals surface area (Å²) in [6.45, 7) is 2.43. The van der Waals surface area contributed by atoms with Crippen molar-refractivity contribution in [3.05, 3.63) is 48.2 Å². The van der Waals surface area contributed by atoms with Crippen molar-refractivity contribution < 1.29 is 9.59 Å². The van der Waals surface area contributed by atoms with Crippen LogP contribution in [0.4, 0.5) is 5.82 Å². The summed E-state index contributed by atoms with van der Waals surface area (Å²) < 4.78 is 1.62. The van der Waals surface area contributed by atoms with Crippen molar-refractivity contribution in [2.75, 3.05) is 11.9 Å². The molecule has 2 atom stereocenters. The van der Waals surface area contributed by atoms with Crippen LogP contribution in [0.3, 0.4) is 0 Å². The van der Waals surface area contributed by atoms with E-state index in [1.807, 2.05) is 37.3 Å². The third-order valence-electron chi connectivity index (χ3n) is 4.24. The fourth-order valence-corrected chi connectivity index (χ4v) is 2.90. The molecule has 23 heavy (non-hydrogen) atoms. The lowest BCUT2D eigenvalue weighted by atomic mass is 10.1. The lowest BCUT2D eigenvalue weighted by molar-refractivity contribution is -0.129. The van der Waals surface area contributed by atoms with E-state index in [2.05, 4.69) is 10.4 Å². The maximum absolute atomic E-state index is 12.3. The molecule has 1 aromatic carbocycles. The number of hydrogen-bond donors (Lipinski definition) is 1. The van der Waals surface area contributed by atoms with Gasteiger partial charge in [-0.1, -0.05) is 30.3 Å². The second kappa shape index (κ2) is 6.24. The molecule has 6 heteroatoms. The summed E-state index contributed by atoms with van der Waals surface area (Å²) in [6, 6.07) is 11.6. The number of nitrogens with zero attached hydrogens (tertiary/aromatic N) is 3. The number of amides is 2. The maximum atomic E-state index is 12.3. The number of aryl methyl sites for hydroxylation is 1. The number of aromatic nitrogens is 2. The minimum atomic E-state index is -0.337. The van der Waals surface area contributed by atoms with Gasteiger partial charge in [0.2, 0.25) is 11.8 Å². The van der Waals surface area contributed by atoms with Crippen molar-refractivity contribution in [3.63, 3.8) is 0 Å². The third kappa shape index (κ3) is 3.26. The highest BCUT2D eigenvalue weighted by Gasteiger charge is 2.37. The molecule has 1 fully saturated rings. The maximum Gasteiger partial charge on any atom is 0.230 e. The number of rotatable bonds is 4. The number of carbonyl (C=O) groups is 2. The standard InChI is InChI=1S/C17H20N4O2/c1-12(13-6-4-3-5-7-13)21-11-14(10-16(21)22)17(23)18-15-8-9-20(2)19-15/h3-9,12,14H,10-11H2,1-2H3,(H,18,19,23). The normalized spacial score (nSPS) is 19.0. The van der Waals surface area contributed by atoms with Crippen LogP contribution >= 0.6 is 0 Å². The average Bonchev–Trinajstić information content (AvgIpc) is 3.13. The molecule has 0 spiro atoms. The molecule has 2 unspecified atom stereocenters. The van der Waals surface area contributed by atoms with E-state index in [4.69, 9.17) is 0 Å². The zero-order chi connectivity index (χ0) is 16.4. The smallest absolute Gasteiger partial charge is 0.230 e. The first kappa shape index (κ1) is 15.3. The Hall–Kier alpha value is -2.63. The first-order chi connectivity index (χ1) is 11.0. The first-order valence-corrected chi connectivity index (χ1v) is 7.69. The van der Waals surface area contributed by atoms with Gasteiger partial charge in [-0.15, -0.1) is 0 Å². The van der Waals surface area contributed by atoms with E-state index in [1.54, 1.807) is 28.9 Å². The van der Waals surface area contributed by atoms with E-state index < -0.39 is 0 Å². The topological polar surface area (TPSA) is 67.2 Å². The Morgan fingerprint density at radius 1 is 1.30 bits per heavy atom. The van der Waals surface area contributed by atoms with E-state index in [0.29, 0.717) is 12.4 Å². The highest BCUT2D eigenvalue weighted by Crippen LogP contribution is 2.28. The van der Waals surface area contributed by atoms with Gasteiger partial charge in [-0.2, -0.15) is 5.10 Å². The monoisotopic (exact) mass is 312 g/mol. The van der Waals surface area contributed by atoms with Gasteiger partial charge in [-0.05, 0) is 12.5 Å². The molecular weight excluding hydrogens is 292 g/mol. The number of anilines is 1. The van der Waals surface area contributed by atoms with Gasteiger partial charge in [-0.3, -0.25) is 14.3 Å². The number of hydrogen-bond acceptors (Lipinski definition) is 3. The van der Waals surface area contributed by atoms with Crippen molar-refractivity contribution >= 4 is 17.6 Å². The highest BCUT2D eigenvalue weighted by atomic mass is 16.2. The van der Waals surface area contributed by atoms with Crippen LogP contribution in [0, 0.1) is 5.92 Å². The van der Waals surface area contributed by atoms with Crippen LogP contribution < -0.4 is 5.32 Å². The van der Waals surface area contributed by atoms with Crippen molar-refractivity contribution in [2.24, 2.45) is 13.0 Å². The largest absolute Gasteiger partial charge is 0.335 e. The fraction of sp³-hybridized carbons (Fsp3) is 0.353. The number of benzene rings is 1. The lowest BCUT2D eigenvalue weighted by Crippen LogP contribution is -2.30. The minimum Gasteiger partial charge on any atom is -0.335 e. The van der Waals surface area contributed by atoms with Gasteiger partial charge in [0.05, 0.1) is 12.0 Å². The molecule has 120 valence electrons. The van der Waals surface area contributed by atoms with Crippen molar-refractivity contribution in [3.8, 4) is 0 Å². The molecule has 2 amide bonds. The predicted molar refractivity (Wildman–Crippen MR) is 86.5 cm³/mol. The summed E-state index contributed by atoms with van der Waals surface area (Å²) in [7, 11) is 1.79. The Bertz CT molecular complexity index is 710. The van der Waals surface area contributed by atoms with Gasteiger partial charge in [-0.25, -0.2) is 0 Å². The van der Waals surface area contributed by atoms with Gasteiger partial charge < -0.3 is 10.2 Å². The number of likely N-dealkylation sites (tertiary alicyclic amines) is 1. The van der Waals surface area contributed by atoms with E-state index in [-0.39, 0.29) is 30.2 Å². The summed E-state index contributed by atoms with van der Waals surface area (Å²) in [5.74, 6) is 0.0394. The molecule has 6 nitrogen and oxygen atoms in total. The van der Waals surface area contributed by atoms with Gasteiger partial charge in [0.1, 0.15) is 0 Å². The first-order valence-electron chi connectivity index (χ1n) is 7.69. The van der Waals surface area contributed by atoms with Crippen LogP contribution in [0.15, 0.2) is 42.6 Å². The Morgan fingerprint density at radius 3 is 2.70 bits per heavy atom. The summed E-state index contributed by atoms with van der Waals surface area (Å²) in [4.78, 5) is 26.4. The summed E-state index contributed by atoms with van der Waals surface area (Å²) >= 11 is 0. The van der Waals surface area contributed by atoms with Crippen molar-refractivity contribution in [2.45, 2.75) is 19.4 Å². The summed E-state index contributed by atoms with van der Waals surface area (Å²) in [5.41, 5.74) is 1.08. The molecule has 2 heterocycles.